The van der Waals surface area contributed by atoms with Crippen molar-refractivity contribution in [2.75, 3.05) is 12.4 Å². The number of methoxy groups -OCH3 is 1. The third kappa shape index (κ3) is 3.27. The summed E-state index contributed by atoms with van der Waals surface area (Å²) in [5.74, 6) is 0.138. The van der Waals surface area contributed by atoms with Crippen molar-refractivity contribution >= 4 is 27.5 Å². The standard InChI is InChI=1S/C14H13BrN2O3/c1-8-3-13(18)12(7-16-8)14(19)17-10-4-9(15)5-11(6-10)20-2/h3-7H,1-2H3,(H,16,18)(H,17,19). The average Bonchev–Trinajstić information content (AvgIpc) is 2.37. The summed E-state index contributed by atoms with van der Waals surface area (Å²) < 4.78 is 5.88. The van der Waals surface area contributed by atoms with Crippen molar-refractivity contribution in [1.82, 2.24) is 4.98 Å². The van der Waals surface area contributed by atoms with E-state index in [0.29, 0.717) is 17.1 Å². The first-order valence-electron chi connectivity index (χ1n) is 5.85. The van der Waals surface area contributed by atoms with E-state index in [1.807, 2.05) is 0 Å². The molecule has 1 heterocycles. The molecule has 0 radical (unpaired) electrons. The molecule has 0 bridgehead atoms. The molecule has 0 aliphatic rings. The van der Waals surface area contributed by atoms with Crippen LogP contribution in [0.3, 0.4) is 0 Å². The molecule has 0 fully saturated rings. The number of halogens is 1. The van der Waals surface area contributed by atoms with Crippen LogP contribution in [-0.4, -0.2) is 18.0 Å². The maximum Gasteiger partial charge on any atom is 0.261 e. The first-order valence-corrected chi connectivity index (χ1v) is 6.64. The molecule has 0 saturated carbocycles. The zero-order valence-electron chi connectivity index (χ0n) is 11.0. The van der Waals surface area contributed by atoms with Crippen LogP contribution in [0.15, 0.2) is 39.7 Å². The maximum absolute atomic E-state index is 12.1. The summed E-state index contributed by atoms with van der Waals surface area (Å²) in [6, 6.07) is 6.55. The number of aryl methyl sites for hydroxylation is 1. The fourth-order valence-corrected chi connectivity index (χ4v) is 2.17. The van der Waals surface area contributed by atoms with E-state index in [9.17, 15) is 9.59 Å². The highest BCUT2D eigenvalue weighted by molar-refractivity contribution is 9.10. The first-order chi connectivity index (χ1) is 9.49. The van der Waals surface area contributed by atoms with Gasteiger partial charge in [0.25, 0.3) is 5.91 Å². The highest BCUT2D eigenvalue weighted by atomic mass is 79.9. The quantitative estimate of drug-likeness (QED) is 0.905. The molecule has 6 heteroatoms. The van der Waals surface area contributed by atoms with Crippen molar-refractivity contribution in [3.8, 4) is 5.75 Å². The number of benzene rings is 1. The summed E-state index contributed by atoms with van der Waals surface area (Å²) in [4.78, 5) is 26.7. The second-order valence-electron chi connectivity index (χ2n) is 4.23. The van der Waals surface area contributed by atoms with E-state index in [4.69, 9.17) is 4.74 Å². The molecule has 0 aliphatic carbocycles. The molecule has 2 rings (SSSR count). The Morgan fingerprint density at radius 3 is 2.70 bits per heavy atom. The lowest BCUT2D eigenvalue weighted by atomic mass is 10.2. The number of carbonyl (C=O) groups excluding carboxylic acids is 1. The molecule has 104 valence electrons. The van der Waals surface area contributed by atoms with Crippen LogP contribution < -0.4 is 15.5 Å². The SMILES string of the molecule is COc1cc(Br)cc(NC(=O)c2c[nH]c(C)cc2=O)c1. The van der Waals surface area contributed by atoms with Crippen LogP contribution in [0.2, 0.25) is 0 Å². The van der Waals surface area contributed by atoms with Gasteiger partial charge in [0, 0.05) is 34.2 Å². The maximum atomic E-state index is 12.1. The summed E-state index contributed by atoms with van der Waals surface area (Å²) in [7, 11) is 1.54. The Labute approximate surface area is 124 Å². The van der Waals surface area contributed by atoms with Gasteiger partial charge < -0.3 is 15.0 Å². The fourth-order valence-electron chi connectivity index (χ4n) is 1.70. The minimum Gasteiger partial charge on any atom is -0.497 e. The lowest BCUT2D eigenvalue weighted by Gasteiger charge is -2.08. The second kappa shape index (κ2) is 5.92. The predicted molar refractivity (Wildman–Crippen MR) is 80.4 cm³/mol. The Balaban J connectivity index is 2.27. The Bertz CT molecular complexity index is 710. The van der Waals surface area contributed by atoms with Crippen molar-refractivity contribution in [3.05, 3.63) is 56.4 Å². The van der Waals surface area contributed by atoms with Crippen LogP contribution in [0.4, 0.5) is 5.69 Å². The van der Waals surface area contributed by atoms with Crippen LogP contribution >= 0.6 is 15.9 Å². The van der Waals surface area contributed by atoms with Gasteiger partial charge in [0.15, 0.2) is 5.43 Å². The third-order valence-electron chi connectivity index (χ3n) is 2.67. The molecule has 2 N–H and O–H groups in total. The number of rotatable bonds is 3. The Morgan fingerprint density at radius 1 is 1.30 bits per heavy atom. The van der Waals surface area contributed by atoms with Gasteiger partial charge in [0.05, 0.1) is 7.11 Å². The van der Waals surface area contributed by atoms with Crippen molar-refractivity contribution in [2.45, 2.75) is 6.92 Å². The molecule has 0 saturated heterocycles. The van der Waals surface area contributed by atoms with Crippen molar-refractivity contribution < 1.29 is 9.53 Å². The van der Waals surface area contributed by atoms with E-state index in [0.717, 1.165) is 4.47 Å². The number of H-pyrrole nitrogens is 1. The molecule has 5 nitrogen and oxygen atoms in total. The zero-order chi connectivity index (χ0) is 14.7. The topological polar surface area (TPSA) is 71.2 Å². The third-order valence-corrected chi connectivity index (χ3v) is 3.12. The van der Waals surface area contributed by atoms with Crippen molar-refractivity contribution in [2.24, 2.45) is 0 Å². The van der Waals surface area contributed by atoms with Gasteiger partial charge in [-0.05, 0) is 19.1 Å². The van der Waals surface area contributed by atoms with E-state index in [1.165, 1.54) is 19.4 Å². The number of aromatic nitrogens is 1. The number of pyridine rings is 1. The van der Waals surface area contributed by atoms with Crippen LogP contribution in [0, 0.1) is 6.92 Å². The van der Waals surface area contributed by atoms with Crippen molar-refractivity contribution in [3.63, 3.8) is 0 Å². The number of hydrogen-bond donors (Lipinski definition) is 2. The molecular formula is C14H13BrN2O3. The monoisotopic (exact) mass is 336 g/mol. The molecular weight excluding hydrogens is 324 g/mol. The minimum absolute atomic E-state index is 0.0644. The number of carbonyl (C=O) groups is 1. The van der Waals surface area contributed by atoms with Gasteiger partial charge in [-0.2, -0.15) is 0 Å². The highest BCUT2D eigenvalue weighted by Gasteiger charge is 2.11. The number of nitrogens with one attached hydrogen (secondary N) is 2. The first kappa shape index (κ1) is 14.3. The molecule has 0 aliphatic heterocycles. The molecule has 1 aromatic heterocycles. The van der Waals surface area contributed by atoms with Gasteiger partial charge in [0.1, 0.15) is 11.3 Å². The van der Waals surface area contributed by atoms with E-state index < -0.39 is 5.91 Å². The van der Waals surface area contributed by atoms with Gasteiger partial charge in [-0.1, -0.05) is 15.9 Å². The second-order valence-corrected chi connectivity index (χ2v) is 5.14. The Hall–Kier alpha value is -2.08. The van der Waals surface area contributed by atoms with Gasteiger partial charge in [-0.25, -0.2) is 0 Å². The molecule has 1 aromatic carbocycles. The summed E-state index contributed by atoms with van der Waals surface area (Å²) in [6.07, 6.45) is 1.40. The Kier molecular flexibility index (Phi) is 4.24. The minimum atomic E-state index is -0.466. The largest absolute Gasteiger partial charge is 0.497 e. The molecule has 2 aromatic rings. The lowest BCUT2D eigenvalue weighted by molar-refractivity contribution is 0.102. The molecule has 20 heavy (non-hydrogen) atoms. The predicted octanol–water partition coefficient (Wildman–Crippen LogP) is 2.71. The number of amides is 1. The number of aromatic amines is 1. The smallest absolute Gasteiger partial charge is 0.261 e. The van der Waals surface area contributed by atoms with Crippen LogP contribution in [0.5, 0.6) is 5.75 Å². The number of anilines is 1. The highest BCUT2D eigenvalue weighted by Crippen LogP contribution is 2.24. The Morgan fingerprint density at radius 2 is 2.05 bits per heavy atom. The van der Waals surface area contributed by atoms with Crippen LogP contribution in [-0.2, 0) is 0 Å². The zero-order valence-corrected chi connectivity index (χ0v) is 12.6. The van der Waals surface area contributed by atoms with E-state index >= 15 is 0 Å². The van der Waals surface area contributed by atoms with Crippen LogP contribution in [0.1, 0.15) is 16.1 Å². The van der Waals surface area contributed by atoms with Gasteiger partial charge in [-0.15, -0.1) is 0 Å². The summed E-state index contributed by atoms with van der Waals surface area (Å²) >= 11 is 3.32. The van der Waals surface area contributed by atoms with E-state index in [2.05, 4.69) is 26.2 Å². The summed E-state index contributed by atoms with van der Waals surface area (Å²) in [6.45, 7) is 1.75. The normalized spacial score (nSPS) is 10.2. The lowest BCUT2D eigenvalue weighted by Crippen LogP contribution is -2.21. The van der Waals surface area contributed by atoms with Crippen LogP contribution in [0.25, 0.3) is 0 Å². The van der Waals surface area contributed by atoms with E-state index in [-0.39, 0.29) is 11.0 Å². The fraction of sp³-hybridized carbons (Fsp3) is 0.143. The molecule has 1 amide bonds. The molecule has 0 spiro atoms. The number of hydrogen-bond acceptors (Lipinski definition) is 3. The average molecular weight is 337 g/mol. The number of ether oxygens (including phenoxy) is 1. The summed E-state index contributed by atoms with van der Waals surface area (Å²) in [5.41, 5.74) is 0.993. The molecule has 0 unspecified atom stereocenters. The van der Waals surface area contributed by atoms with Gasteiger partial charge >= 0.3 is 0 Å². The van der Waals surface area contributed by atoms with Crippen molar-refractivity contribution in [1.29, 1.82) is 0 Å². The van der Waals surface area contributed by atoms with E-state index in [1.54, 1.807) is 25.1 Å². The van der Waals surface area contributed by atoms with Gasteiger partial charge in [-0.3, -0.25) is 9.59 Å². The summed E-state index contributed by atoms with van der Waals surface area (Å²) in [5, 5.41) is 2.67. The van der Waals surface area contributed by atoms with Gasteiger partial charge in [0.2, 0.25) is 0 Å². The molecule has 0 atom stereocenters.